The van der Waals surface area contributed by atoms with Crippen molar-refractivity contribution in [3.63, 3.8) is 0 Å². The second-order valence-electron chi connectivity index (χ2n) is 9.71. The second kappa shape index (κ2) is 12.3. The monoisotopic (exact) mass is 511 g/mol. The summed E-state index contributed by atoms with van der Waals surface area (Å²) in [7, 11) is 0. The third kappa shape index (κ3) is 6.64. The van der Waals surface area contributed by atoms with Gasteiger partial charge in [0.25, 0.3) is 0 Å². The summed E-state index contributed by atoms with van der Waals surface area (Å²) in [4.78, 5) is 2.29. The van der Waals surface area contributed by atoms with Gasteiger partial charge in [0.1, 0.15) is 5.75 Å². The molecule has 1 N–H and O–H groups in total. The van der Waals surface area contributed by atoms with Crippen molar-refractivity contribution in [2.45, 2.75) is 26.1 Å². The van der Waals surface area contributed by atoms with Crippen molar-refractivity contribution in [1.82, 2.24) is 0 Å². The maximum Gasteiger partial charge on any atom is 0.219 e. The third-order valence-corrected chi connectivity index (χ3v) is 6.74. The summed E-state index contributed by atoms with van der Waals surface area (Å²) in [5.74, 6) is 0.636. The van der Waals surface area contributed by atoms with Gasteiger partial charge in [0.2, 0.25) is 6.29 Å². The van der Waals surface area contributed by atoms with E-state index >= 15 is 0 Å². The van der Waals surface area contributed by atoms with Gasteiger partial charge in [0.05, 0.1) is 0 Å². The van der Waals surface area contributed by atoms with E-state index in [1.807, 2.05) is 36.4 Å². The molecule has 0 aromatic heterocycles. The highest BCUT2D eigenvalue weighted by molar-refractivity contribution is 5.78. The molecule has 0 spiro atoms. The van der Waals surface area contributed by atoms with Gasteiger partial charge in [-0.2, -0.15) is 0 Å². The first kappa shape index (κ1) is 26.0. The Bertz CT molecular complexity index is 1480. The van der Waals surface area contributed by atoms with Gasteiger partial charge in [-0.25, -0.2) is 0 Å². The van der Waals surface area contributed by atoms with Crippen molar-refractivity contribution in [2.75, 3.05) is 4.90 Å². The van der Waals surface area contributed by atoms with Gasteiger partial charge in [-0.3, -0.25) is 0 Å². The lowest BCUT2D eigenvalue weighted by Crippen LogP contribution is -2.15. The fourth-order valence-corrected chi connectivity index (χ4v) is 4.52. The lowest BCUT2D eigenvalue weighted by Gasteiger charge is -2.26. The van der Waals surface area contributed by atoms with Crippen LogP contribution in [0.5, 0.6) is 5.75 Å². The normalized spacial score (nSPS) is 11.5. The summed E-state index contributed by atoms with van der Waals surface area (Å²) < 4.78 is 5.48. The zero-order chi connectivity index (χ0) is 27.0. The number of para-hydroxylation sites is 1. The minimum absolute atomic E-state index is 0.581. The van der Waals surface area contributed by atoms with E-state index in [-0.39, 0.29) is 0 Å². The lowest BCUT2D eigenvalue weighted by molar-refractivity contribution is 0.0151. The van der Waals surface area contributed by atoms with Crippen LogP contribution in [0.2, 0.25) is 0 Å². The molecule has 5 rings (SSSR count). The summed E-state index contributed by atoms with van der Waals surface area (Å²) >= 11 is 0. The van der Waals surface area contributed by atoms with Crippen LogP contribution in [-0.2, 0) is 12.8 Å². The van der Waals surface area contributed by atoms with Gasteiger partial charge in [-0.15, -0.1) is 0 Å². The molecule has 0 amide bonds. The maximum atomic E-state index is 9.84. The predicted molar refractivity (Wildman–Crippen MR) is 162 cm³/mol. The molecule has 1 atom stereocenters. The average molecular weight is 512 g/mol. The number of hydrogen-bond donors (Lipinski definition) is 1. The van der Waals surface area contributed by atoms with E-state index in [2.05, 4.69) is 109 Å². The van der Waals surface area contributed by atoms with E-state index in [1.165, 1.54) is 22.3 Å². The molecule has 0 aliphatic carbocycles. The first-order valence-corrected chi connectivity index (χ1v) is 13.3. The highest BCUT2D eigenvalue weighted by Gasteiger charge is 2.13. The standard InChI is InChI=1S/C36H33NO2/c1-27(2)36(38)39-35-25-17-29(18-26-35)14-13-28-15-21-33(22-16-28)37(32-11-7-4-8-12-32)34-23-19-31(20-24-34)30-9-5-3-6-10-30/h3-12,15-26,36,38H,1,13-14H2,2H3. The molecule has 0 heterocycles. The molecule has 194 valence electrons. The minimum atomic E-state index is -0.980. The number of hydrogen-bond acceptors (Lipinski definition) is 3. The molecule has 3 heteroatoms. The lowest BCUT2D eigenvalue weighted by atomic mass is 10.0. The maximum absolute atomic E-state index is 9.84. The number of aliphatic hydroxyl groups excluding tert-OH is 1. The van der Waals surface area contributed by atoms with Crippen LogP contribution < -0.4 is 9.64 Å². The first-order chi connectivity index (χ1) is 19.1. The number of aliphatic hydroxyl groups is 1. The zero-order valence-electron chi connectivity index (χ0n) is 22.2. The summed E-state index contributed by atoms with van der Waals surface area (Å²) in [6.45, 7) is 5.46. The Morgan fingerprint density at radius 1 is 0.615 bits per heavy atom. The molecule has 5 aromatic rings. The predicted octanol–water partition coefficient (Wildman–Crippen LogP) is 8.88. The smallest absolute Gasteiger partial charge is 0.219 e. The van der Waals surface area contributed by atoms with Crippen molar-refractivity contribution >= 4 is 17.1 Å². The highest BCUT2D eigenvalue weighted by atomic mass is 16.6. The van der Waals surface area contributed by atoms with E-state index in [4.69, 9.17) is 4.74 Å². The fraction of sp³-hybridized carbons (Fsp3) is 0.111. The van der Waals surface area contributed by atoms with Crippen LogP contribution in [-0.4, -0.2) is 11.4 Å². The molecule has 0 saturated heterocycles. The topological polar surface area (TPSA) is 32.7 Å². The number of aryl methyl sites for hydroxylation is 2. The van der Waals surface area contributed by atoms with E-state index in [9.17, 15) is 5.11 Å². The Balaban J connectivity index is 1.30. The van der Waals surface area contributed by atoms with Crippen LogP contribution in [0.15, 0.2) is 146 Å². The van der Waals surface area contributed by atoms with Gasteiger partial charge in [0.15, 0.2) is 0 Å². The summed E-state index contributed by atoms with van der Waals surface area (Å²) in [6, 6.07) is 46.4. The summed E-state index contributed by atoms with van der Waals surface area (Å²) in [5.41, 5.74) is 8.86. The molecular weight excluding hydrogens is 478 g/mol. The van der Waals surface area contributed by atoms with Crippen molar-refractivity contribution < 1.29 is 9.84 Å². The van der Waals surface area contributed by atoms with Gasteiger partial charge in [0, 0.05) is 17.1 Å². The summed E-state index contributed by atoms with van der Waals surface area (Å²) in [6.07, 6.45) is 0.879. The van der Waals surface area contributed by atoms with Crippen molar-refractivity contribution in [2.24, 2.45) is 0 Å². The Labute approximate surface area is 231 Å². The van der Waals surface area contributed by atoms with Crippen molar-refractivity contribution in [3.8, 4) is 16.9 Å². The third-order valence-electron chi connectivity index (χ3n) is 6.74. The van der Waals surface area contributed by atoms with Crippen LogP contribution in [0.1, 0.15) is 18.1 Å². The Morgan fingerprint density at radius 3 is 1.59 bits per heavy atom. The minimum Gasteiger partial charge on any atom is -0.461 e. The fourth-order valence-electron chi connectivity index (χ4n) is 4.52. The number of anilines is 3. The molecule has 1 unspecified atom stereocenters. The van der Waals surface area contributed by atoms with E-state index in [0.29, 0.717) is 11.3 Å². The van der Waals surface area contributed by atoms with Crippen LogP contribution in [0.4, 0.5) is 17.1 Å². The Morgan fingerprint density at radius 2 is 1.05 bits per heavy atom. The van der Waals surface area contributed by atoms with Crippen LogP contribution in [0.25, 0.3) is 11.1 Å². The van der Waals surface area contributed by atoms with Gasteiger partial charge >= 0.3 is 0 Å². The second-order valence-corrected chi connectivity index (χ2v) is 9.71. The molecule has 39 heavy (non-hydrogen) atoms. The van der Waals surface area contributed by atoms with E-state index in [0.717, 1.165) is 29.9 Å². The largest absolute Gasteiger partial charge is 0.461 e. The molecule has 0 fully saturated rings. The number of nitrogens with zero attached hydrogens (tertiary/aromatic N) is 1. The van der Waals surface area contributed by atoms with Gasteiger partial charge in [-0.05, 0) is 96.1 Å². The zero-order valence-corrected chi connectivity index (χ0v) is 22.2. The molecule has 0 saturated carbocycles. The van der Waals surface area contributed by atoms with Crippen LogP contribution >= 0.6 is 0 Å². The van der Waals surface area contributed by atoms with E-state index in [1.54, 1.807) is 6.92 Å². The van der Waals surface area contributed by atoms with Crippen LogP contribution in [0, 0.1) is 0 Å². The molecular formula is C36H33NO2. The Kier molecular flexibility index (Phi) is 8.20. The molecule has 3 nitrogen and oxygen atoms in total. The molecule has 5 aromatic carbocycles. The quantitative estimate of drug-likeness (QED) is 0.150. The first-order valence-electron chi connectivity index (χ1n) is 13.3. The molecule has 0 radical (unpaired) electrons. The molecule has 0 aliphatic heterocycles. The van der Waals surface area contributed by atoms with Gasteiger partial charge < -0.3 is 14.7 Å². The molecule has 0 aliphatic rings. The molecule has 0 bridgehead atoms. The van der Waals surface area contributed by atoms with Gasteiger partial charge in [-0.1, -0.05) is 91.5 Å². The number of benzene rings is 5. The SMILES string of the molecule is C=C(C)C(O)Oc1ccc(CCc2ccc(N(c3ccccc3)c3ccc(-c4ccccc4)cc3)cc2)cc1. The Hall–Kier alpha value is -4.60. The van der Waals surface area contributed by atoms with Crippen molar-refractivity contribution in [3.05, 3.63) is 157 Å². The van der Waals surface area contributed by atoms with E-state index < -0.39 is 6.29 Å². The van der Waals surface area contributed by atoms with Crippen molar-refractivity contribution in [1.29, 1.82) is 0 Å². The summed E-state index contributed by atoms with van der Waals surface area (Å²) in [5, 5.41) is 9.84. The highest BCUT2D eigenvalue weighted by Crippen LogP contribution is 2.35. The number of ether oxygens (including phenoxy) is 1. The average Bonchev–Trinajstić information content (AvgIpc) is 2.99. The van der Waals surface area contributed by atoms with Crippen LogP contribution in [0.3, 0.4) is 0 Å². The number of rotatable bonds is 10.